The summed E-state index contributed by atoms with van der Waals surface area (Å²) in [5.74, 6) is 0. The van der Waals surface area contributed by atoms with Gasteiger partial charge in [-0.25, -0.2) is 0 Å². The lowest BCUT2D eigenvalue weighted by atomic mass is 9.97. The van der Waals surface area contributed by atoms with E-state index >= 15 is 0 Å². The molecule has 0 aliphatic rings. The third kappa shape index (κ3) is 4.60. The minimum Gasteiger partial charge on any atom is -0.309 e. The molecule has 0 spiro atoms. The Labute approximate surface area is 376 Å². The fourth-order valence-electron chi connectivity index (χ4n) is 11.6. The van der Waals surface area contributed by atoms with Gasteiger partial charge in [-0.05, 0) is 83.7 Å². The van der Waals surface area contributed by atoms with E-state index in [4.69, 9.17) is 0 Å². The second-order valence-corrected chi connectivity index (χ2v) is 17.6. The molecule has 5 aromatic heterocycles. The van der Waals surface area contributed by atoms with Gasteiger partial charge in [-0.1, -0.05) is 146 Å². The third-order valence-corrected chi connectivity index (χ3v) is 14.3. The molecule has 0 amide bonds. The van der Waals surface area contributed by atoms with Crippen LogP contribution in [0.15, 0.2) is 223 Å². The van der Waals surface area contributed by atoms with Crippen molar-refractivity contribution in [3.63, 3.8) is 0 Å². The molecule has 15 rings (SSSR count). The molecule has 0 atom stereocenters. The van der Waals surface area contributed by atoms with Crippen LogP contribution in [0.2, 0.25) is 0 Å². The van der Waals surface area contributed by atoms with Crippen molar-refractivity contribution in [3.05, 3.63) is 229 Å². The molecular weight excluding hydrogens is 805 g/mol. The zero-order chi connectivity index (χ0) is 43.2. The summed E-state index contributed by atoms with van der Waals surface area (Å²) >= 11 is 0. The Morgan fingerprint density at radius 3 is 1.45 bits per heavy atom. The van der Waals surface area contributed by atoms with E-state index in [1.807, 2.05) is 22.6 Å². The van der Waals surface area contributed by atoms with Gasteiger partial charge in [0.1, 0.15) is 0 Å². The molecular formula is C61H36N4O. The van der Waals surface area contributed by atoms with E-state index in [9.17, 15) is 4.79 Å². The number of aromatic nitrogens is 4. The molecule has 0 fully saturated rings. The molecule has 5 nitrogen and oxygen atoms in total. The van der Waals surface area contributed by atoms with E-state index in [2.05, 4.69) is 214 Å². The van der Waals surface area contributed by atoms with Crippen LogP contribution in [0.4, 0.5) is 0 Å². The van der Waals surface area contributed by atoms with Crippen molar-refractivity contribution >= 4 is 103 Å². The van der Waals surface area contributed by atoms with Gasteiger partial charge in [-0.3, -0.25) is 9.20 Å². The average molecular weight is 841 g/mol. The number of para-hydroxylation sites is 7. The monoisotopic (exact) mass is 840 g/mol. The molecule has 0 bridgehead atoms. The maximum atomic E-state index is 14.4. The number of benzene rings is 10. The van der Waals surface area contributed by atoms with Gasteiger partial charge < -0.3 is 13.7 Å². The molecule has 306 valence electrons. The highest BCUT2D eigenvalue weighted by Gasteiger charge is 2.23. The normalized spacial score (nSPS) is 12.3. The van der Waals surface area contributed by atoms with Crippen LogP contribution in [-0.4, -0.2) is 18.1 Å². The van der Waals surface area contributed by atoms with Crippen molar-refractivity contribution in [2.75, 3.05) is 0 Å². The number of fused-ring (bicyclic) bond motifs is 15. The molecule has 10 aromatic carbocycles. The van der Waals surface area contributed by atoms with E-state index in [1.54, 1.807) is 0 Å². The van der Waals surface area contributed by atoms with Gasteiger partial charge in [-0.2, -0.15) is 0 Å². The SMILES string of the molecule is O=c1c2ccc(-c3ccccc3-n3c4ccccc4c4cc(-n5c6ccccc6c6ccc7c8ccccc8n(-c8ccccc8)c7c65)ccc43)cc2c2cccc3c4ccccc4n1c23. The van der Waals surface area contributed by atoms with Crippen LogP contribution in [0, 0.1) is 0 Å². The predicted octanol–water partition coefficient (Wildman–Crippen LogP) is 15.2. The number of rotatable bonds is 4. The first kappa shape index (κ1) is 35.5. The van der Waals surface area contributed by atoms with Gasteiger partial charge in [-0.15, -0.1) is 0 Å². The van der Waals surface area contributed by atoms with Crippen LogP contribution in [0.25, 0.3) is 132 Å². The lowest BCUT2D eigenvalue weighted by Gasteiger charge is -2.16. The number of nitrogens with zero attached hydrogens (tertiary/aromatic N) is 4. The molecule has 0 aliphatic heterocycles. The van der Waals surface area contributed by atoms with Gasteiger partial charge in [0, 0.05) is 70.8 Å². The first-order valence-corrected chi connectivity index (χ1v) is 22.6. The van der Waals surface area contributed by atoms with Crippen molar-refractivity contribution in [3.8, 4) is 28.2 Å². The molecule has 5 heterocycles. The highest BCUT2D eigenvalue weighted by molar-refractivity contribution is 6.24. The van der Waals surface area contributed by atoms with Crippen molar-refractivity contribution in [1.29, 1.82) is 0 Å². The van der Waals surface area contributed by atoms with Crippen LogP contribution in [-0.2, 0) is 0 Å². The lowest BCUT2D eigenvalue weighted by molar-refractivity contribution is 1.15. The maximum absolute atomic E-state index is 14.4. The Hall–Kier alpha value is -8.93. The van der Waals surface area contributed by atoms with Crippen molar-refractivity contribution in [2.45, 2.75) is 0 Å². The molecule has 5 heteroatoms. The Morgan fingerprint density at radius 2 is 0.758 bits per heavy atom. The smallest absolute Gasteiger partial charge is 0.263 e. The van der Waals surface area contributed by atoms with E-state index < -0.39 is 0 Å². The van der Waals surface area contributed by atoms with E-state index in [1.165, 1.54) is 54.4 Å². The zero-order valence-electron chi connectivity index (χ0n) is 35.5. The molecule has 0 saturated carbocycles. The summed E-state index contributed by atoms with van der Waals surface area (Å²) in [6.45, 7) is 0. The van der Waals surface area contributed by atoms with Crippen LogP contribution in [0.5, 0.6) is 0 Å². The topological polar surface area (TPSA) is 36.3 Å². The third-order valence-electron chi connectivity index (χ3n) is 14.3. The second-order valence-electron chi connectivity index (χ2n) is 17.6. The van der Waals surface area contributed by atoms with Crippen LogP contribution in [0.1, 0.15) is 0 Å². The van der Waals surface area contributed by atoms with Crippen LogP contribution >= 0.6 is 0 Å². The van der Waals surface area contributed by atoms with Gasteiger partial charge in [0.15, 0.2) is 0 Å². The highest BCUT2D eigenvalue weighted by Crippen LogP contribution is 2.44. The predicted molar refractivity (Wildman–Crippen MR) is 276 cm³/mol. The quantitative estimate of drug-likeness (QED) is 0.163. The molecule has 0 N–H and O–H groups in total. The molecule has 0 aliphatic carbocycles. The first-order valence-electron chi connectivity index (χ1n) is 22.6. The van der Waals surface area contributed by atoms with E-state index in [0.29, 0.717) is 5.39 Å². The maximum Gasteiger partial charge on any atom is 0.263 e. The van der Waals surface area contributed by atoms with Crippen molar-refractivity contribution < 1.29 is 0 Å². The lowest BCUT2D eigenvalue weighted by Crippen LogP contribution is -2.12. The Morgan fingerprint density at radius 1 is 0.273 bits per heavy atom. The summed E-state index contributed by atoms with van der Waals surface area (Å²) < 4.78 is 9.26. The van der Waals surface area contributed by atoms with E-state index in [-0.39, 0.29) is 5.56 Å². The fraction of sp³-hybridized carbons (Fsp3) is 0. The molecule has 66 heavy (non-hydrogen) atoms. The number of hydrogen-bond donors (Lipinski definition) is 0. The van der Waals surface area contributed by atoms with Gasteiger partial charge in [0.25, 0.3) is 5.56 Å². The van der Waals surface area contributed by atoms with Crippen molar-refractivity contribution in [1.82, 2.24) is 18.1 Å². The van der Waals surface area contributed by atoms with Crippen molar-refractivity contribution in [2.24, 2.45) is 0 Å². The summed E-state index contributed by atoms with van der Waals surface area (Å²) in [7, 11) is 0. The van der Waals surface area contributed by atoms with Gasteiger partial charge >= 0.3 is 0 Å². The molecule has 15 aromatic rings. The largest absolute Gasteiger partial charge is 0.309 e. The van der Waals surface area contributed by atoms with E-state index in [0.717, 1.165) is 71.8 Å². The second kappa shape index (κ2) is 13.1. The summed E-state index contributed by atoms with van der Waals surface area (Å²) in [5.41, 5.74) is 14.4. The van der Waals surface area contributed by atoms with Crippen LogP contribution in [0.3, 0.4) is 0 Å². The Kier molecular flexibility index (Phi) is 7.03. The minimum absolute atomic E-state index is 0.0125. The molecule has 0 unspecified atom stereocenters. The summed E-state index contributed by atoms with van der Waals surface area (Å²) in [5, 5.41) is 12.2. The van der Waals surface area contributed by atoms with Gasteiger partial charge in [0.05, 0.1) is 49.8 Å². The zero-order valence-corrected chi connectivity index (χ0v) is 35.5. The first-order chi connectivity index (χ1) is 32.7. The Bertz CT molecular complexity index is 4600. The Balaban J connectivity index is 0.981. The standard InChI is InChI=1S/C61H36N4O/c66-61-49-31-29-37(35-50(49)46-23-14-22-45-41-18-7-13-28-56(41)65(61)58(45)46)40-17-4-9-24-52(40)64-55-27-12-8-21-44(55)51-36-39(30-34-57(51)64)63-54-26-11-6-20-43(54)48-33-32-47-42-19-5-10-25-53(42)62(59(47)60(48)63)38-15-2-1-3-16-38/h1-36H. The molecule has 0 saturated heterocycles. The highest BCUT2D eigenvalue weighted by atomic mass is 16.1. The van der Waals surface area contributed by atoms with Crippen LogP contribution < -0.4 is 5.56 Å². The summed E-state index contributed by atoms with van der Waals surface area (Å²) in [6.07, 6.45) is 0. The average Bonchev–Trinajstić information content (AvgIpc) is 4.11. The fourth-order valence-corrected chi connectivity index (χ4v) is 11.6. The summed E-state index contributed by atoms with van der Waals surface area (Å²) in [4.78, 5) is 14.4. The summed E-state index contributed by atoms with van der Waals surface area (Å²) in [6, 6.07) is 78.4. The number of hydrogen-bond acceptors (Lipinski definition) is 1. The number of pyridine rings is 1. The van der Waals surface area contributed by atoms with Gasteiger partial charge in [0.2, 0.25) is 0 Å². The molecule has 0 radical (unpaired) electrons. The minimum atomic E-state index is 0.0125.